The van der Waals surface area contributed by atoms with Gasteiger partial charge in [-0.3, -0.25) is 4.79 Å². The first-order chi connectivity index (χ1) is 8.49. The van der Waals surface area contributed by atoms with Crippen LogP contribution in [0.3, 0.4) is 0 Å². The van der Waals surface area contributed by atoms with Crippen LogP contribution < -0.4 is 5.32 Å². The Kier molecular flexibility index (Phi) is 5.28. The van der Waals surface area contributed by atoms with Crippen molar-refractivity contribution in [3.63, 3.8) is 0 Å². The van der Waals surface area contributed by atoms with Crippen molar-refractivity contribution in [2.75, 3.05) is 19.8 Å². The molecule has 1 aromatic carbocycles. The van der Waals surface area contributed by atoms with Gasteiger partial charge in [-0.15, -0.1) is 0 Å². The second kappa shape index (κ2) is 6.29. The predicted molar refractivity (Wildman–Crippen MR) is 70.3 cm³/mol. The Morgan fingerprint density at radius 1 is 1.28 bits per heavy atom. The first-order valence-electron chi connectivity index (χ1n) is 5.40. The highest BCUT2D eigenvalue weighted by atomic mass is 79.9. The fraction of sp³-hybridized carbons (Fsp3) is 0.417. The average Bonchev–Trinajstić information content (AvgIpc) is 2.39. The molecule has 0 aliphatic carbocycles. The van der Waals surface area contributed by atoms with Gasteiger partial charge in [-0.2, -0.15) is 0 Å². The summed E-state index contributed by atoms with van der Waals surface area (Å²) in [6.45, 7) is 0.206. The molecule has 0 bridgehead atoms. The second-order valence-corrected chi connectivity index (χ2v) is 4.94. The topological polar surface area (TPSA) is 89.8 Å². The molecule has 5 nitrogen and oxygen atoms in total. The van der Waals surface area contributed by atoms with Gasteiger partial charge in [-0.05, 0) is 34.5 Å². The highest BCUT2D eigenvalue weighted by Gasteiger charge is 2.30. The first-order valence-corrected chi connectivity index (χ1v) is 6.19. The number of hydrogen-bond acceptors (Lipinski definition) is 4. The Morgan fingerprint density at radius 3 is 2.33 bits per heavy atom. The zero-order valence-electron chi connectivity index (χ0n) is 9.98. The highest BCUT2D eigenvalue weighted by molar-refractivity contribution is 9.10. The smallest absolute Gasteiger partial charge is 0.253 e. The van der Waals surface area contributed by atoms with Crippen molar-refractivity contribution < 1.29 is 20.1 Å². The second-order valence-electron chi connectivity index (χ2n) is 4.15. The van der Waals surface area contributed by atoms with Crippen molar-refractivity contribution in [1.29, 1.82) is 0 Å². The van der Waals surface area contributed by atoms with Gasteiger partial charge in [-0.1, -0.05) is 12.1 Å². The van der Waals surface area contributed by atoms with E-state index in [0.29, 0.717) is 10.0 Å². The van der Waals surface area contributed by atoms with Gasteiger partial charge in [0.05, 0.1) is 25.4 Å². The number of aryl methyl sites for hydroxylation is 1. The van der Waals surface area contributed by atoms with Crippen molar-refractivity contribution in [2.24, 2.45) is 0 Å². The molecule has 0 radical (unpaired) electrons. The third-order valence-electron chi connectivity index (χ3n) is 2.72. The lowest BCUT2D eigenvalue weighted by atomic mass is 10.0. The molecule has 18 heavy (non-hydrogen) atoms. The molecular formula is C12H16BrNO4. The quantitative estimate of drug-likeness (QED) is 0.624. The lowest BCUT2D eigenvalue weighted by Crippen LogP contribution is -2.57. The Bertz CT molecular complexity index is 424. The minimum absolute atomic E-state index is 0.384. The number of aliphatic hydroxyl groups excluding tert-OH is 3. The Labute approximate surface area is 114 Å². The minimum Gasteiger partial charge on any atom is -0.394 e. The summed E-state index contributed by atoms with van der Waals surface area (Å²) in [4.78, 5) is 12.0. The summed E-state index contributed by atoms with van der Waals surface area (Å²) in [5.41, 5.74) is -0.139. The van der Waals surface area contributed by atoms with Crippen LogP contribution in [0, 0.1) is 6.92 Å². The van der Waals surface area contributed by atoms with Crippen LogP contribution in [-0.2, 0) is 0 Å². The molecular weight excluding hydrogens is 302 g/mol. The van der Waals surface area contributed by atoms with Crippen LogP contribution >= 0.6 is 15.9 Å². The van der Waals surface area contributed by atoms with Crippen LogP contribution in [0.25, 0.3) is 0 Å². The Balaban J connectivity index is 2.98. The molecule has 0 aliphatic rings. The van der Waals surface area contributed by atoms with Crippen LogP contribution in [-0.4, -0.2) is 46.6 Å². The summed E-state index contributed by atoms with van der Waals surface area (Å²) in [7, 11) is 0. The molecule has 1 amide bonds. The van der Waals surface area contributed by atoms with E-state index in [-0.39, 0.29) is 0 Å². The van der Waals surface area contributed by atoms with E-state index in [1.165, 1.54) is 0 Å². The van der Waals surface area contributed by atoms with E-state index < -0.39 is 31.3 Å². The Hall–Kier alpha value is -0.950. The standard InChI is InChI=1S/C12H16BrNO4/c1-8-3-2-4-9(10(8)13)11(18)14-12(5-15,6-16)7-17/h2-4,15-17H,5-7H2,1H3,(H,14,18). The normalized spacial score (nSPS) is 11.4. The van der Waals surface area contributed by atoms with Crippen molar-refractivity contribution in [1.82, 2.24) is 5.32 Å². The fourth-order valence-electron chi connectivity index (χ4n) is 1.40. The van der Waals surface area contributed by atoms with Gasteiger partial charge in [0.15, 0.2) is 0 Å². The number of hydrogen-bond donors (Lipinski definition) is 4. The number of halogens is 1. The van der Waals surface area contributed by atoms with Crippen LogP contribution in [0.2, 0.25) is 0 Å². The number of aliphatic hydroxyl groups is 3. The number of nitrogens with one attached hydrogen (secondary N) is 1. The summed E-state index contributed by atoms with van der Waals surface area (Å²) in [6.07, 6.45) is 0. The van der Waals surface area contributed by atoms with E-state index in [1.807, 2.05) is 13.0 Å². The average molecular weight is 318 g/mol. The van der Waals surface area contributed by atoms with Gasteiger partial charge in [0.1, 0.15) is 5.54 Å². The van der Waals surface area contributed by atoms with Gasteiger partial charge < -0.3 is 20.6 Å². The van der Waals surface area contributed by atoms with E-state index in [0.717, 1.165) is 5.56 Å². The molecule has 100 valence electrons. The maximum atomic E-state index is 12.0. The van der Waals surface area contributed by atoms with Gasteiger partial charge in [0, 0.05) is 4.47 Å². The number of benzene rings is 1. The predicted octanol–water partition coefficient (Wildman–Crippen LogP) is 0.203. The first kappa shape index (κ1) is 15.1. The summed E-state index contributed by atoms with van der Waals surface area (Å²) in [5, 5.41) is 29.9. The molecule has 0 atom stereocenters. The Morgan fingerprint density at radius 2 is 1.83 bits per heavy atom. The number of rotatable bonds is 5. The van der Waals surface area contributed by atoms with E-state index >= 15 is 0 Å². The number of carbonyl (C=O) groups is 1. The molecule has 0 fully saturated rings. The SMILES string of the molecule is Cc1cccc(C(=O)NC(CO)(CO)CO)c1Br. The molecule has 6 heteroatoms. The largest absolute Gasteiger partial charge is 0.394 e. The van der Waals surface area contributed by atoms with Gasteiger partial charge in [-0.25, -0.2) is 0 Å². The van der Waals surface area contributed by atoms with E-state index in [2.05, 4.69) is 21.2 Å². The van der Waals surface area contributed by atoms with Crippen LogP contribution in [0.5, 0.6) is 0 Å². The van der Waals surface area contributed by atoms with E-state index in [9.17, 15) is 4.79 Å². The molecule has 0 aromatic heterocycles. The summed E-state index contributed by atoms with van der Waals surface area (Å²) in [6, 6.07) is 5.19. The highest BCUT2D eigenvalue weighted by Crippen LogP contribution is 2.21. The molecule has 0 saturated heterocycles. The van der Waals surface area contributed by atoms with Crippen molar-refractivity contribution >= 4 is 21.8 Å². The van der Waals surface area contributed by atoms with Crippen LogP contribution in [0.15, 0.2) is 22.7 Å². The molecule has 1 rings (SSSR count). The molecule has 0 aliphatic heterocycles. The zero-order valence-corrected chi connectivity index (χ0v) is 11.6. The van der Waals surface area contributed by atoms with Gasteiger partial charge in [0.25, 0.3) is 5.91 Å². The third kappa shape index (κ3) is 3.08. The fourth-order valence-corrected chi connectivity index (χ4v) is 1.84. The van der Waals surface area contributed by atoms with E-state index in [1.54, 1.807) is 12.1 Å². The number of carbonyl (C=O) groups excluding carboxylic acids is 1. The summed E-state index contributed by atoms with van der Waals surface area (Å²) >= 11 is 3.31. The monoisotopic (exact) mass is 317 g/mol. The van der Waals surface area contributed by atoms with Crippen molar-refractivity contribution in [3.05, 3.63) is 33.8 Å². The van der Waals surface area contributed by atoms with Gasteiger partial charge in [0.2, 0.25) is 0 Å². The lowest BCUT2D eigenvalue weighted by Gasteiger charge is -2.28. The maximum Gasteiger partial charge on any atom is 0.253 e. The molecule has 4 N–H and O–H groups in total. The summed E-state index contributed by atoms with van der Waals surface area (Å²) < 4.78 is 0.644. The van der Waals surface area contributed by atoms with Gasteiger partial charge >= 0.3 is 0 Å². The van der Waals surface area contributed by atoms with Crippen molar-refractivity contribution in [2.45, 2.75) is 12.5 Å². The van der Waals surface area contributed by atoms with Crippen LogP contribution in [0.4, 0.5) is 0 Å². The lowest BCUT2D eigenvalue weighted by molar-refractivity contribution is 0.0375. The number of amides is 1. The third-order valence-corrected chi connectivity index (χ3v) is 3.78. The molecule has 1 aromatic rings. The summed E-state index contributed by atoms with van der Waals surface area (Å²) in [5.74, 6) is -0.470. The van der Waals surface area contributed by atoms with Crippen molar-refractivity contribution in [3.8, 4) is 0 Å². The zero-order chi connectivity index (χ0) is 13.8. The molecule has 0 unspecified atom stereocenters. The van der Waals surface area contributed by atoms with E-state index in [4.69, 9.17) is 15.3 Å². The molecule has 0 heterocycles. The van der Waals surface area contributed by atoms with Crippen LogP contribution in [0.1, 0.15) is 15.9 Å². The molecule has 0 spiro atoms. The maximum absolute atomic E-state index is 12.0. The molecule has 0 saturated carbocycles. The minimum atomic E-state index is -1.42.